The molecule has 1 aliphatic heterocycles. The highest BCUT2D eigenvalue weighted by molar-refractivity contribution is 7.98. The number of nitrogens with zero attached hydrogens (tertiary/aromatic N) is 2. The van der Waals surface area contributed by atoms with Gasteiger partial charge in [-0.1, -0.05) is 29.8 Å². The zero-order valence-corrected chi connectivity index (χ0v) is 17.3. The lowest BCUT2D eigenvalue weighted by atomic mass is 10.0. The van der Waals surface area contributed by atoms with Gasteiger partial charge in [-0.15, -0.1) is 0 Å². The van der Waals surface area contributed by atoms with E-state index in [2.05, 4.69) is 58.0 Å². The van der Waals surface area contributed by atoms with E-state index in [-0.39, 0.29) is 0 Å². The first-order valence-corrected chi connectivity index (χ1v) is 11.0. The number of morpholine rings is 1. The van der Waals surface area contributed by atoms with Crippen molar-refractivity contribution in [2.24, 2.45) is 4.99 Å². The van der Waals surface area contributed by atoms with Crippen molar-refractivity contribution in [2.45, 2.75) is 25.8 Å². The van der Waals surface area contributed by atoms with Crippen LogP contribution in [-0.2, 0) is 4.74 Å². The van der Waals surface area contributed by atoms with Gasteiger partial charge in [-0.2, -0.15) is 11.8 Å². The first-order chi connectivity index (χ1) is 12.7. The Labute approximate surface area is 163 Å². The van der Waals surface area contributed by atoms with Crippen LogP contribution in [-0.4, -0.2) is 69.3 Å². The summed E-state index contributed by atoms with van der Waals surface area (Å²) in [4.78, 5) is 6.89. The average molecular weight is 379 g/mol. The van der Waals surface area contributed by atoms with Crippen LogP contribution in [0.15, 0.2) is 29.3 Å². The number of thioether (sulfide) groups is 1. The highest BCUT2D eigenvalue weighted by Gasteiger charge is 2.22. The monoisotopic (exact) mass is 378 g/mol. The SMILES string of the molecule is CN=C(NCCCCSC)NCC(c1cccc(C)c1)N1CCOCC1. The van der Waals surface area contributed by atoms with Gasteiger partial charge in [0.1, 0.15) is 0 Å². The molecule has 0 radical (unpaired) electrons. The van der Waals surface area contributed by atoms with Crippen LogP contribution in [0.4, 0.5) is 0 Å². The fourth-order valence-corrected chi connectivity index (χ4v) is 3.71. The lowest BCUT2D eigenvalue weighted by molar-refractivity contribution is 0.0170. The Bertz CT molecular complexity index is 546. The molecule has 0 aliphatic carbocycles. The van der Waals surface area contributed by atoms with E-state index in [1.165, 1.54) is 29.7 Å². The molecule has 1 aromatic rings. The summed E-state index contributed by atoms with van der Waals surface area (Å²) < 4.78 is 5.54. The predicted molar refractivity (Wildman–Crippen MR) is 113 cm³/mol. The average Bonchev–Trinajstić information content (AvgIpc) is 2.67. The van der Waals surface area contributed by atoms with E-state index >= 15 is 0 Å². The van der Waals surface area contributed by atoms with Gasteiger partial charge in [-0.3, -0.25) is 9.89 Å². The number of aliphatic imine (C=N–C) groups is 1. The van der Waals surface area contributed by atoms with Crippen LogP contribution in [0.1, 0.15) is 30.0 Å². The lowest BCUT2D eigenvalue weighted by Crippen LogP contribution is -2.46. The molecule has 0 bridgehead atoms. The maximum atomic E-state index is 5.54. The van der Waals surface area contributed by atoms with E-state index in [1.54, 1.807) is 0 Å². The number of aryl methyl sites for hydroxylation is 1. The second kappa shape index (κ2) is 12.2. The van der Waals surface area contributed by atoms with E-state index in [1.807, 2.05) is 18.8 Å². The summed E-state index contributed by atoms with van der Waals surface area (Å²) in [6.07, 6.45) is 4.57. The largest absolute Gasteiger partial charge is 0.379 e. The normalized spacial score (nSPS) is 17.1. The first kappa shape index (κ1) is 21.1. The zero-order valence-electron chi connectivity index (χ0n) is 16.5. The Morgan fingerprint density at radius 3 is 2.77 bits per heavy atom. The van der Waals surface area contributed by atoms with E-state index in [0.717, 1.165) is 45.4 Å². The Morgan fingerprint density at radius 1 is 1.27 bits per heavy atom. The molecule has 2 rings (SSSR count). The summed E-state index contributed by atoms with van der Waals surface area (Å²) in [5.41, 5.74) is 2.66. The fraction of sp³-hybridized carbons (Fsp3) is 0.650. The number of hydrogen-bond donors (Lipinski definition) is 2. The van der Waals surface area contributed by atoms with Crippen molar-refractivity contribution in [1.82, 2.24) is 15.5 Å². The predicted octanol–water partition coefficient (Wildman–Crippen LogP) is 2.68. The van der Waals surface area contributed by atoms with Gasteiger partial charge in [0.25, 0.3) is 0 Å². The van der Waals surface area contributed by atoms with E-state index in [0.29, 0.717) is 6.04 Å². The summed E-state index contributed by atoms with van der Waals surface area (Å²) in [7, 11) is 1.84. The highest BCUT2D eigenvalue weighted by atomic mass is 32.2. The molecular formula is C20H34N4OS. The van der Waals surface area contributed by atoms with Crippen LogP contribution in [0.5, 0.6) is 0 Å². The van der Waals surface area contributed by atoms with Gasteiger partial charge in [0, 0.05) is 33.2 Å². The molecule has 26 heavy (non-hydrogen) atoms. The third-order valence-corrected chi connectivity index (χ3v) is 5.36. The van der Waals surface area contributed by atoms with Gasteiger partial charge in [0.2, 0.25) is 0 Å². The van der Waals surface area contributed by atoms with Crippen molar-refractivity contribution in [1.29, 1.82) is 0 Å². The Balaban J connectivity index is 1.93. The van der Waals surface area contributed by atoms with Crippen LogP contribution in [0, 0.1) is 6.92 Å². The molecule has 2 N–H and O–H groups in total. The number of hydrogen-bond acceptors (Lipinski definition) is 4. The molecule has 0 spiro atoms. The molecule has 1 atom stereocenters. The second-order valence-corrected chi connectivity index (χ2v) is 7.64. The molecule has 1 aromatic carbocycles. The van der Waals surface area contributed by atoms with Gasteiger partial charge in [-0.05, 0) is 37.3 Å². The zero-order chi connectivity index (χ0) is 18.6. The number of ether oxygens (including phenoxy) is 1. The molecule has 5 nitrogen and oxygen atoms in total. The van der Waals surface area contributed by atoms with Crippen molar-refractivity contribution >= 4 is 17.7 Å². The molecule has 0 amide bonds. The van der Waals surface area contributed by atoms with Gasteiger partial charge >= 0.3 is 0 Å². The summed E-state index contributed by atoms with van der Waals surface area (Å²) in [6.45, 7) is 7.53. The van der Waals surface area contributed by atoms with Crippen LogP contribution < -0.4 is 10.6 Å². The number of nitrogens with one attached hydrogen (secondary N) is 2. The van der Waals surface area contributed by atoms with Crippen molar-refractivity contribution in [3.8, 4) is 0 Å². The summed E-state index contributed by atoms with van der Waals surface area (Å²) in [6, 6.07) is 9.15. The van der Waals surface area contributed by atoms with Crippen LogP contribution in [0.25, 0.3) is 0 Å². The third kappa shape index (κ3) is 7.17. The molecule has 1 fully saturated rings. The van der Waals surface area contributed by atoms with E-state index < -0.39 is 0 Å². The summed E-state index contributed by atoms with van der Waals surface area (Å²) >= 11 is 1.91. The smallest absolute Gasteiger partial charge is 0.191 e. The summed E-state index contributed by atoms with van der Waals surface area (Å²) in [5, 5.41) is 6.96. The Kier molecular flexibility index (Phi) is 9.89. The van der Waals surface area contributed by atoms with Gasteiger partial charge in [0.05, 0.1) is 19.3 Å². The molecule has 1 heterocycles. The molecule has 0 saturated carbocycles. The van der Waals surface area contributed by atoms with Crippen molar-refractivity contribution < 1.29 is 4.74 Å². The van der Waals surface area contributed by atoms with E-state index in [4.69, 9.17) is 4.74 Å². The van der Waals surface area contributed by atoms with E-state index in [9.17, 15) is 0 Å². The minimum atomic E-state index is 0.328. The molecule has 1 saturated heterocycles. The molecule has 0 aromatic heterocycles. The third-order valence-electron chi connectivity index (χ3n) is 4.67. The minimum absolute atomic E-state index is 0.328. The lowest BCUT2D eigenvalue weighted by Gasteiger charge is -2.35. The number of unbranched alkanes of at least 4 members (excludes halogenated alkanes) is 1. The Morgan fingerprint density at radius 2 is 2.08 bits per heavy atom. The van der Waals surface area contributed by atoms with Gasteiger partial charge < -0.3 is 15.4 Å². The molecule has 6 heteroatoms. The molecule has 1 unspecified atom stereocenters. The van der Waals surface area contributed by atoms with Crippen LogP contribution in [0.3, 0.4) is 0 Å². The topological polar surface area (TPSA) is 48.9 Å². The minimum Gasteiger partial charge on any atom is -0.379 e. The van der Waals surface area contributed by atoms with Gasteiger partial charge in [0.15, 0.2) is 5.96 Å². The van der Waals surface area contributed by atoms with Crippen LogP contribution >= 0.6 is 11.8 Å². The van der Waals surface area contributed by atoms with Gasteiger partial charge in [-0.25, -0.2) is 0 Å². The molecular weight excluding hydrogens is 344 g/mol. The highest BCUT2D eigenvalue weighted by Crippen LogP contribution is 2.22. The molecule has 1 aliphatic rings. The number of guanidine groups is 1. The quantitative estimate of drug-likeness (QED) is 0.393. The maximum absolute atomic E-state index is 5.54. The fourth-order valence-electron chi connectivity index (χ4n) is 3.22. The Hall–Kier alpha value is -1.24. The number of rotatable bonds is 9. The van der Waals surface area contributed by atoms with Crippen molar-refractivity contribution in [3.05, 3.63) is 35.4 Å². The van der Waals surface area contributed by atoms with Crippen molar-refractivity contribution in [3.63, 3.8) is 0 Å². The molecule has 146 valence electrons. The summed E-state index contributed by atoms with van der Waals surface area (Å²) in [5.74, 6) is 2.11. The van der Waals surface area contributed by atoms with Crippen LogP contribution in [0.2, 0.25) is 0 Å². The van der Waals surface area contributed by atoms with Crippen molar-refractivity contribution in [2.75, 3.05) is 58.4 Å². The number of benzene rings is 1. The first-order valence-electron chi connectivity index (χ1n) is 9.56. The second-order valence-electron chi connectivity index (χ2n) is 6.66. The maximum Gasteiger partial charge on any atom is 0.191 e. The standard InChI is InChI=1S/C20H34N4OS/c1-17-7-6-8-18(15-17)19(24-10-12-25-13-11-24)16-23-20(21-2)22-9-4-5-14-26-3/h6-8,15,19H,4-5,9-14,16H2,1-3H3,(H2,21,22,23).